The molecule has 1 fully saturated rings. The Hall–Kier alpha value is -2.12. The Balaban J connectivity index is 1.73. The summed E-state index contributed by atoms with van der Waals surface area (Å²) in [6, 6.07) is 1.93. The fourth-order valence-corrected chi connectivity index (χ4v) is 2.93. The van der Waals surface area contributed by atoms with Gasteiger partial charge in [0.2, 0.25) is 0 Å². The molecule has 1 saturated heterocycles. The molecule has 7 nitrogen and oxygen atoms in total. The molecule has 2 amide bonds. The average Bonchev–Trinajstić information content (AvgIpc) is 2.99. The number of carbonyl (C=O) groups is 1. The number of aromatic nitrogens is 2. The summed E-state index contributed by atoms with van der Waals surface area (Å²) in [5.41, 5.74) is 2.84. The topological polar surface area (TPSA) is 73.5 Å². The Kier molecular flexibility index (Phi) is 3.01. The third-order valence-corrected chi connectivity index (χ3v) is 4.02. The minimum atomic E-state index is -0.0531. The number of fused-ring (bicyclic) bond motifs is 3. The molecule has 7 heteroatoms. The number of pyridine rings is 1. The van der Waals surface area contributed by atoms with Gasteiger partial charge in [-0.05, 0) is 6.07 Å². The maximum Gasteiger partial charge on any atom is 0.323 e. The van der Waals surface area contributed by atoms with E-state index in [-0.39, 0.29) is 6.03 Å². The molecule has 21 heavy (non-hydrogen) atoms. The summed E-state index contributed by atoms with van der Waals surface area (Å²) in [4.78, 5) is 23.9. The molecule has 2 aromatic heterocycles. The Morgan fingerprint density at radius 1 is 1.33 bits per heavy atom. The minimum Gasteiger partial charge on any atom is -0.379 e. The second kappa shape index (κ2) is 5.01. The first-order valence-corrected chi connectivity index (χ1v) is 7.13. The van der Waals surface area contributed by atoms with Gasteiger partial charge in [0.25, 0.3) is 0 Å². The van der Waals surface area contributed by atoms with Gasteiger partial charge in [-0.1, -0.05) is 0 Å². The third kappa shape index (κ3) is 2.14. The highest BCUT2D eigenvalue weighted by Crippen LogP contribution is 2.31. The Labute approximate surface area is 121 Å². The van der Waals surface area contributed by atoms with Crippen LogP contribution < -0.4 is 10.2 Å². The molecule has 110 valence electrons. The molecule has 2 aromatic rings. The van der Waals surface area contributed by atoms with Gasteiger partial charge < -0.3 is 15.0 Å². The van der Waals surface area contributed by atoms with Crippen LogP contribution in [-0.4, -0.2) is 53.9 Å². The number of urea groups is 1. The second-order valence-corrected chi connectivity index (χ2v) is 5.33. The van der Waals surface area contributed by atoms with Crippen molar-refractivity contribution >= 4 is 22.8 Å². The van der Waals surface area contributed by atoms with Crippen molar-refractivity contribution in [3.8, 4) is 0 Å². The molecule has 0 bridgehead atoms. The van der Waals surface area contributed by atoms with Crippen LogP contribution in [0.2, 0.25) is 0 Å². The molecule has 0 aliphatic carbocycles. The van der Waals surface area contributed by atoms with Gasteiger partial charge in [-0.15, -0.1) is 0 Å². The number of amides is 2. The SMILES string of the molecule is O=C1NCc2cnc3[nH]ccc3c2N1CN1CCOCC1. The number of rotatable bonds is 2. The molecule has 0 radical (unpaired) electrons. The van der Waals surface area contributed by atoms with Crippen LogP contribution in [0.3, 0.4) is 0 Å². The van der Waals surface area contributed by atoms with Crippen LogP contribution in [-0.2, 0) is 11.3 Å². The molecule has 0 unspecified atom stereocenters. The predicted octanol–water partition coefficient (Wildman–Crippen LogP) is 0.882. The first-order valence-electron chi connectivity index (χ1n) is 7.13. The van der Waals surface area contributed by atoms with Crippen LogP contribution in [0.4, 0.5) is 10.5 Å². The summed E-state index contributed by atoms with van der Waals surface area (Å²) >= 11 is 0. The lowest BCUT2D eigenvalue weighted by Crippen LogP contribution is -2.51. The number of hydrogen-bond acceptors (Lipinski definition) is 4. The molecule has 0 atom stereocenters. The third-order valence-electron chi connectivity index (χ3n) is 4.02. The van der Waals surface area contributed by atoms with Crippen molar-refractivity contribution < 1.29 is 9.53 Å². The zero-order valence-corrected chi connectivity index (χ0v) is 11.6. The van der Waals surface area contributed by atoms with Gasteiger partial charge in [0, 0.05) is 43.0 Å². The monoisotopic (exact) mass is 287 g/mol. The maximum atomic E-state index is 12.3. The first kappa shape index (κ1) is 12.6. The lowest BCUT2D eigenvalue weighted by molar-refractivity contribution is 0.0386. The van der Waals surface area contributed by atoms with E-state index in [1.165, 1.54) is 0 Å². The number of anilines is 1. The zero-order chi connectivity index (χ0) is 14.2. The lowest BCUT2D eigenvalue weighted by Gasteiger charge is -2.36. The van der Waals surface area contributed by atoms with Crippen molar-refractivity contribution in [1.29, 1.82) is 0 Å². The van der Waals surface area contributed by atoms with E-state index in [9.17, 15) is 4.79 Å². The van der Waals surface area contributed by atoms with E-state index in [4.69, 9.17) is 4.74 Å². The number of morpholine rings is 1. The van der Waals surface area contributed by atoms with Crippen molar-refractivity contribution in [2.45, 2.75) is 6.54 Å². The van der Waals surface area contributed by atoms with E-state index in [2.05, 4.69) is 20.2 Å². The highest BCUT2D eigenvalue weighted by Gasteiger charge is 2.28. The van der Waals surface area contributed by atoms with Crippen LogP contribution in [0.1, 0.15) is 5.56 Å². The molecule has 2 aliphatic heterocycles. The molecule has 4 heterocycles. The number of hydrogen-bond donors (Lipinski definition) is 2. The van der Waals surface area contributed by atoms with Gasteiger partial charge in [0.1, 0.15) is 5.65 Å². The van der Waals surface area contributed by atoms with E-state index < -0.39 is 0 Å². The molecular formula is C14H17N5O2. The predicted molar refractivity (Wildman–Crippen MR) is 78.1 cm³/mol. The molecule has 0 saturated carbocycles. The van der Waals surface area contributed by atoms with E-state index in [0.717, 1.165) is 48.6 Å². The quantitative estimate of drug-likeness (QED) is 0.860. The number of aromatic amines is 1. The van der Waals surface area contributed by atoms with Crippen molar-refractivity contribution in [3.05, 3.63) is 24.0 Å². The first-order chi connectivity index (χ1) is 10.3. The molecule has 4 rings (SSSR count). The highest BCUT2D eigenvalue weighted by atomic mass is 16.5. The van der Waals surface area contributed by atoms with E-state index in [0.29, 0.717) is 13.2 Å². The highest BCUT2D eigenvalue weighted by molar-refractivity contribution is 6.04. The van der Waals surface area contributed by atoms with Crippen molar-refractivity contribution in [2.75, 3.05) is 37.9 Å². The number of nitrogens with zero attached hydrogens (tertiary/aromatic N) is 3. The summed E-state index contributed by atoms with van der Waals surface area (Å²) in [6.45, 7) is 4.24. The van der Waals surface area contributed by atoms with Gasteiger partial charge in [0.05, 0.1) is 25.6 Å². The summed E-state index contributed by atoms with van der Waals surface area (Å²) in [7, 11) is 0. The average molecular weight is 287 g/mol. The van der Waals surface area contributed by atoms with Crippen molar-refractivity contribution in [3.63, 3.8) is 0 Å². The molecular weight excluding hydrogens is 270 g/mol. The van der Waals surface area contributed by atoms with Crippen LogP contribution >= 0.6 is 0 Å². The minimum absolute atomic E-state index is 0.0531. The lowest BCUT2D eigenvalue weighted by atomic mass is 10.1. The van der Waals surface area contributed by atoms with Gasteiger partial charge in [-0.25, -0.2) is 9.78 Å². The van der Waals surface area contributed by atoms with Crippen LogP contribution in [0.25, 0.3) is 11.0 Å². The molecule has 2 aliphatic rings. The fourth-order valence-electron chi connectivity index (χ4n) is 2.93. The number of carbonyl (C=O) groups excluding carboxylic acids is 1. The Morgan fingerprint density at radius 3 is 3.05 bits per heavy atom. The van der Waals surface area contributed by atoms with Crippen molar-refractivity contribution in [2.24, 2.45) is 0 Å². The van der Waals surface area contributed by atoms with Crippen molar-refractivity contribution in [1.82, 2.24) is 20.2 Å². The molecule has 0 spiro atoms. The van der Waals surface area contributed by atoms with E-state index in [1.54, 1.807) is 0 Å². The summed E-state index contributed by atoms with van der Waals surface area (Å²) in [5, 5.41) is 3.91. The number of nitrogens with one attached hydrogen (secondary N) is 2. The second-order valence-electron chi connectivity index (χ2n) is 5.33. The van der Waals surface area contributed by atoms with Gasteiger partial charge in [-0.2, -0.15) is 0 Å². The Morgan fingerprint density at radius 2 is 2.19 bits per heavy atom. The number of ether oxygens (including phenoxy) is 1. The van der Waals surface area contributed by atoms with E-state index >= 15 is 0 Å². The molecule has 0 aromatic carbocycles. The zero-order valence-electron chi connectivity index (χ0n) is 11.6. The summed E-state index contributed by atoms with van der Waals surface area (Å²) < 4.78 is 5.37. The van der Waals surface area contributed by atoms with Gasteiger partial charge in [0.15, 0.2) is 0 Å². The summed E-state index contributed by atoms with van der Waals surface area (Å²) in [5.74, 6) is 0. The Bertz CT molecular complexity index is 677. The van der Waals surface area contributed by atoms with E-state index in [1.807, 2.05) is 23.4 Å². The number of H-pyrrole nitrogens is 1. The largest absolute Gasteiger partial charge is 0.379 e. The standard InChI is InChI=1S/C14H17N5O2/c20-14-17-8-10-7-16-13-11(1-2-15-13)12(10)19(14)9-18-3-5-21-6-4-18/h1-2,7H,3-6,8-9H2,(H,15,16)(H,17,20). The van der Waals surface area contributed by atoms with Crippen LogP contribution in [0.15, 0.2) is 18.5 Å². The summed E-state index contributed by atoms with van der Waals surface area (Å²) in [6.07, 6.45) is 3.69. The normalized spacial score (nSPS) is 19.6. The van der Waals surface area contributed by atoms with Crippen LogP contribution in [0, 0.1) is 0 Å². The van der Waals surface area contributed by atoms with Gasteiger partial charge in [-0.3, -0.25) is 9.80 Å². The molecule has 2 N–H and O–H groups in total. The van der Waals surface area contributed by atoms with Gasteiger partial charge >= 0.3 is 6.03 Å². The maximum absolute atomic E-state index is 12.3. The smallest absolute Gasteiger partial charge is 0.323 e. The fraction of sp³-hybridized carbons (Fsp3) is 0.429. The van der Waals surface area contributed by atoms with Crippen LogP contribution in [0.5, 0.6) is 0 Å².